The Morgan fingerprint density at radius 1 is 1.55 bits per heavy atom. The predicted octanol–water partition coefficient (Wildman–Crippen LogP) is 1.47. The van der Waals surface area contributed by atoms with Gasteiger partial charge < -0.3 is 5.32 Å². The third kappa shape index (κ3) is 2.68. The first-order valence-corrected chi connectivity index (χ1v) is 8.30. The van der Waals surface area contributed by atoms with Crippen LogP contribution in [0.5, 0.6) is 0 Å². The second kappa shape index (κ2) is 5.02. The minimum Gasteiger partial charge on any atom is -0.342 e. The van der Waals surface area contributed by atoms with Crippen LogP contribution in [0.2, 0.25) is 0 Å². The molecule has 2 fully saturated rings. The number of hydrogen-bond donors (Lipinski definition) is 2. The molecule has 3 rings (SSSR count). The second-order valence-electron chi connectivity index (χ2n) is 6.60. The Morgan fingerprint density at radius 2 is 2.35 bits per heavy atom. The van der Waals surface area contributed by atoms with Crippen LogP contribution in [0.1, 0.15) is 45.4 Å². The van der Waals surface area contributed by atoms with Gasteiger partial charge in [0.05, 0.1) is 0 Å². The van der Waals surface area contributed by atoms with Crippen LogP contribution in [-0.2, 0) is 10.3 Å². The van der Waals surface area contributed by atoms with E-state index in [1.807, 2.05) is 11.8 Å². The van der Waals surface area contributed by atoms with E-state index in [0.717, 1.165) is 24.3 Å². The number of nitrogens with one attached hydrogen (secondary N) is 2. The van der Waals surface area contributed by atoms with E-state index >= 15 is 0 Å². The molecule has 110 valence electrons. The highest BCUT2D eigenvalue weighted by Gasteiger charge is 2.46. The molecule has 2 unspecified atom stereocenters. The van der Waals surface area contributed by atoms with Crippen molar-refractivity contribution in [1.82, 2.24) is 25.9 Å². The predicted molar refractivity (Wildman–Crippen MR) is 77.1 cm³/mol. The van der Waals surface area contributed by atoms with Crippen molar-refractivity contribution in [1.29, 1.82) is 0 Å². The summed E-state index contributed by atoms with van der Waals surface area (Å²) in [7, 11) is 0. The van der Waals surface area contributed by atoms with Crippen molar-refractivity contribution in [3.05, 3.63) is 5.82 Å². The SMILES string of the molecule is CC1(C)CC1CCC(=O)NC1(c2nn[nH]n2)CCSC1. The quantitative estimate of drug-likeness (QED) is 0.859. The minimum absolute atomic E-state index is 0.111. The molecule has 1 aromatic heterocycles. The van der Waals surface area contributed by atoms with Gasteiger partial charge in [0.25, 0.3) is 0 Å². The first kappa shape index (κ1) is 13.9. The number of tetrazole rings is 1. The molecular formula is C13H21N5OS. The molecular weight excluding hydrogens is 274 g/mol. The van der Waals surface area contributed by atoms with Crippen molar-refractivity contribution in [2.24, 2.45) is 11.3 Å². The summed E-state index contributed by atoms with van der Waals surface area (Å²) in [6, 6.07) is 0. The Hall–Kier alpha value is -1.11. The van der Waals surface area contributed by atoms with Gasteiger partial charge in [0, 0.05) is 12.2 Å². The molecule has 1 aliphatic heterocycles. The average Bonchev–Trinajstić information content (AvgIpc) is 2.88. The van der Waals surface area contributed by atoms with E-state index in [1.54, 1.807) is 0 Å². The van der Waals surface area contributed by atoms with Crippen LogP contribution in [0, 0.1) is 11.3 Å². The molecule has 20 heavy (non-hydrogen) atoms. The first-order valence-electron chi connectivity index (χ1n) is 7.15. The van der Waals surface area contributed by atoms with Gasteiger partial charge in [0.2, 0.25) is 11.7 Å². The Balaban J connectivity index is 1.58. The molecule has 2 heterocycles. The molecule has 2 atom stereocenters. The Labute approximate surface area is 122 Å². The molecule has 1 saturated heterocycles. The Morgan fingerprint density at radius 3 is 2.90 bits per heavy atom. The fraction of sp³-hybridized carbons (Fsp3) is 0.846. The molecule has 0 bridgehead atoms. The summed E-state index contributed by atoms with van der Waals surface area (Å²) in [6.45, 7) is 4.54. The number of amides is 1. The molecule has 0 aromatic carbocycles. The molecule has 0 spiro atoms. The summed E-state index contributed by atoms with van der Waals surface area (Å²) < 4.78 is 0. The number of hydrogen-bond acceptors (Lipinski definition) is 5. The number of aromatic nitrogens is 4. The summed E-state index contributed by atoms with van der Waals surface area (Å²) in [5.74, 6) is 3.27. The van der Waals surface area contributed by atoms with E-state index < -0.39 is 5.54 Å². The van der Waals surface area contributed by atoms with Crippen molar-refractivity contribution < 1.29 is 4.79 Å². The molecule has 6 nitrogen and oxygen atoms in total. The second-order valence-corrected chi connectivity index (χ2v) is 7.70. The highest BCUT2D eigenvalue weighted by atomic mass is 32.2. The van der Waals surface area contributed by atoms with Crippen molar-refractivity contribution >= 4 is 17.7 Å². The normalized spacial score (nSPS) is 31.2. The lowest BCUT2D eigenvalue weighted by atomic mass is 9.97. The lowest BCUT2D eigenvalue weighted by Gasteiger charge is -2.26. The molecule has 1 aliphatic carbocycles. The van der Waals surface area contributed by atoms with E-state index in [1.165, 1.54) is 6.42 Å². The molecule has 0 radical (unpaired) electrons. The van der Waals surface area contributed by atoms with Crippen LogP contribution >= 0.6 is 11.8 Å². The molecule has 1 amide bonds. The van der Waals surface area contributed by atoms with Crippen molar-refractivity contribution in [2.45, 2.75) is 45.1 Å². The monoisotopic (exact) mass is 295 g/mol. The van der Waals surface area contributed by atoms with E-state index in [-0.39, 0.29) is 5.91 Å². The maximum absolute atomic E-state index is 12.2. The standard InChI is InChI=1S/C13H21N5OS/c1-12(2)7-9(12)3-4-10(19)14-13(5-6-20-8-13)11-15-17-18-16-11/h9H,3-8H2,1-2H3,(H,14,19)(H,15,16,17,18). The van der Waals surface area contributed by atoms with Crippen molar-refractivity contribution in [3.63, 3.8) is 0 Å². The topological polar surface area (TPSA) is 83.6 Å². The van der Waals surface area contributed by atoms with Crippen LogP contribution in [0.3, 0.4) is 0 Å². The smallest absolute Gasteiger partial charge is 0.220 e. The molecule has 1 aromatic rings. The van der Waals surface area contributed by atoms with Gasteiger partial charge in [-0.2, -0.15) is 17.0 Å². The van der Waals surface area contributed by atoms with Gasteiger partial charge in [-0.05, 0) is 36.3 Å². The molecule has 1 saturated carbocycles. The number of nitrogens with zero attached hydrogens (tertiary/aromatic N) is 3. The van der Waals surface area contributed by atoms with Crippen LogP contribution in [-0.4, -0.2) is 38.0 Å². The number of H-pyrrole nitrogens is 1. The third-order valence-corrected chi connectivity index (χ3v) is 5.80. The zero-order chi connectivity index (χ0) is 14.2. The molecule has 7 heteroatoms. The van der Waals surface area contributed by atoms with Gasteiger partial charge in [-0.25, -0.2) is 0 Å². The number of aromatic amines is 1. The highest BCUT2D eigenvalue weighted by molar-refractivity contribution is 7.99. The van der Waals surface area contributed by atoms with Gasteiger partial charge in [0.1, 0.15) is 5.54 Å². The number of carbonyl (C=O) groups excluding carboxylic acids is 1. The van der Waals surface area contributed by atoms with Gasteiger partial charge >= 0.3 is 0 Å². The maximum atomic E-state index is 12.2. The zero-order valence-corrected chi connectivity index (χ0v) is 12.8. The maximum Gasteiger partial charge on any atom is 0.220 e. The average molecular weight is 295 g/mol. The molecule has 2 aliphatic rings. The summed E-state index contributed by atoms with van der Waals surface area (Å²) in [6.07, 6.45) is 3.69. The first-order chi connectivity index (χ1) is 9.52. The number of rotatable bonds is 5. The van der Waals surface area contributed by atoms with Gasteiger partial charge in [-0.15, -0.1) is 10.2 Å². The van der Waals surface area contributed by atoms with Crippen molar-refractivity contribution in [3.8, 4) is 0 Å². The van der Waals surface area contributed by atoms with E-state index in [2.05, 4.69) is 39.8 Å². The zero-order valence-electron chi connectivity index (χ0n) is 12.0. The van der Waals surface area contributed by atoms with E-state index in [4.69, 9.17) is 0 Å². The van der Waals surface area contributed by atoms with Crippen LogP contribution in [0.15, 0.2) is 0 Å². The summed E-state index contributed by atoms with van der Waals surface area (Å²) >= 11 is 1.82. The van der Waals surface area contributed by atoms with Crippen LogP contribution in [0.4, 0.5) is 0 Å². The third-order valence-electron chi connectivity index (χ3n) is 4.61. The molecule has 2 N–H and O–H groups in total. The summed E-state index contributed by atoms with van der Waals surface area (Å²) in [4.78, 5) is 12.2. The van der Waals surface area contributed by atoms with Crippen molar-refractivity contribution in [2.75, 3.05) is 11.5 Å². The lowest BCUT2D eigenvalue weighted by Crippen LogP contribution is -2.47. The van der Waals surface area contributed by atoms with Gasteiger partial charge in [-0.1, -0.05) is 19.1 Å². The summed E-state index contributed by atoms with van der Waals surface area (Å²) in [5, 5.41) is 17.4. The minimum atomic E-state index is -0.423. The number of thioether (sulfide) groups is 1. The Bertz CT molecular complexity index is 481. The lowest BCUT2D eigenvalue weighted by molar-refractivity contribution is -0.123. The van der Waals surface area contributed by atoms with Gasteiger partial charge in [0.15, 0.2) is 0 Å². The fourth-order valence-corrected chi connectivity index (χ4v) is 4.30. The Kier molecular flexibility index (Phi) is 3.48. The fourth-order valence-electron chi connectivity index (χ4n) is 2.96. The highest BCUT2D eigenvalue weighted by Crippen LogP contribution is 2.54. The van der Waals surface area contributed by atoms with Crippen LogP contribution < -0.4 is 5.32 Å². The number of carbonyl (C=O) groups is 1. The van der Waals surface area contributed by atoms with Crippen LogP contribution in [0.25, 0.3) is 0 Å². The van der Waals surface area contributed by atoms with E-state index in [0.29, 0.717) is 23.6 Å². The summed E-state index contributed by atoms with van der Waals surface area (Å²) in [5.41, 5.74) is 0.0165. The van der Waals surface area contributed by atoms with E-state index in [9.17, 15) is 4.79 Å². The van der Waals surface area contributed by atoms with Gasteiger partial charge in [-0.3, -0.25) is 4.79 Å². The largest absolute Gasteiger partial charge is 0.342 e.